The van der Waals surface area contributed by atoms with E-state index in [0.717, 1.165) is 9.80 Å². The zero-order chi connectivity index (χ0) is 17.1. The molecule has 5 nitrogen and oxygen atoms in total. The number of imide groups is 2. The summed E-state index contributed by atoms with van der Waals surface area (Å²) in [4.78, 5) is 40.2. The number of urea groups is 1. The molecule has 1 fully saturated rings. The van der Waals surface area contributed by atoms with Crippen molar-refractivity contribution in [3.8, 4) is 11.8 Å². The molecule has 0 aromatic carbocycles. The van der Waals surface area contributed by atoms with Gasteiger partial charge in [-0.15, -0.1) is 12.5 Å². The van der Waals surface area contributed by atoms with Crippen LogP contribution in [0.15, 0.2) is 12.7 Å². The van der Waals surface area contributed by atoms with E-state index in [0.29, 0.717) is 6.42 Å². The molecule has 0 saturated carbocycles. The van der Waals surface area contributed by atoms with Crippen LogP contribution >= 0.6 is 0 Å². The molecule has 0 spiro atoms. The van der Waals surface area contributed by atoms with Crippen molar-refractivity contribution in [2.45, 2.75) is 46.6 Å². The van der Waals surface area contributed by atoms with E-state index >= 15 is 0 Å². The first-order valence-electron chi connectivity index (χ1n) is 7.50. The molecular weight excluding hydrogens is 280 g/mol. The topological polar surface area (TPSA) is 57.7 Å². The first-order chi connectivity index (χ1) is 10.3. The molecule has 2 atom stereocenters. The van der Waals surface area contributed by atoms with Crippen molar-refractivity contribution in [3.05, 3.63) is 12.7 Å². The van der Waals surface area contributed by atoms with E-state index in [1.807, 2.05) is 6.92 Å². The highest BCUT2D eigenvalue weighted by atomic mass is 16.2. The van der Waals surface area contributed by atoms with Gasteiger partial charge in [-0.05, 0) is 27.2 Å². The maximum atomic E-state index is 13.0. The summed E-state index contributed by atoms with van der Waals surface area (Å²) in [5.74, 6) is 4.43. The van der Waals surface area contributed by atoms with Crippen LogP contribution in [-0.2, 0) is 9.59 Å². The Kier molecular flexibility index (Phi) is 5.54. The Hall–Kier alpha value is -2.09. The van der Waals surface area contributed by atoms with E-state index in [2.05, 4.69) is 18.4 Å². The Morgan fingerprint density at radius 1 is 1.23 bits per heavy atom. The molecule has 5 heteroatoms. The van der Waals surface area contributed by atoms with Crippen molar-refractivity contribution in [1.29, 1.82) is 0 Å². The molecule has 22 heavy (non-hydrogen) atoms. The van der Waals surface area contributed by atoms with Gasteiger partial charge in [0.15, 0.2) is 0 Å². The highest BCUT2D eigenvalue weighted by Crippen LogP contribution is 2.40. The lowest BCUT2D eigenvalue weighted by atomic mass is 9.70. The van der Waals surface area contributed by atoms with Gasteiger partial charge in [0.1, 0.15) is 5.41 Å². The standard InChI is InChI=1S/C17H24N2O3/c1-7-9-10-13(5)17(11-8-2)14(20)18(6)16(22)19(12(3)4)15(17)21/h8,12-13H,2,7,11H2,1,3-6H3. The summed E-state index contributed by atoms with van der Waals surface area (Å²) >= 11 is 0. The molecule has 0 aliphatic carbocycles. The van der Waals surface area contributed by atoms with Crippen molar-refractivity contribution in [2.24, 2.45) is 11.3 Å². The van der Waals surface area contributed by atoms with Gasteiger partial charge in [0, 0.05) is 25.4 Å². The van der Waals surface area contributed by atoms with Crippen LogP contribution in [0.25, 0.3) is 0 Å². The van der Waals surface area contributed by atoms with Crippen LogP contribution in [0, 0.1) is 23.2 Å². The molecule has 1 saturated heterocycles. The summed E-state index contributed by atoms with van der Waals surface area (Å²) < 4.78 is 0. The van der Waals surface area contributed by atoms with Gasteiger partial charge >= 0.3 is 6.03 Å². The highest BCUT2D eigenvalue weighted by Gasteiger charge is 2.58. The minimum Gasteiger partial charge on any atom is -0.273 e. The number of carbonyl (C=O) groups excluding carboxylic acids is 3. The largest absolute Gasteiger partial charge is 0.333 e. The van der Waals surface area contributed by atoms with Gasteiger partial charge in [-0.25, -0.2) is 4.79 Å². The van der Waals surface area contributed by atoms with Gasteiger partial charge in [0.05, 0.1) is 0 Å². The van der Waals surface area contributed by atoms with E-state index < -0.39 is 29.2 Å². The zero-order valence-corrected chi connectivity index (χ0v) is 14.0. The maximum absolute atomic E-state index is 13.0. The summed E-state index contributed by atoms with van der Waals surface area (Å²) in [6, 6.07) is -0.911. The summed E-state index contributed by atoms with van der Waals surface area (Å²) in [6.07, 6.45) is 2.34. The van der Waals surface area contributed by atoms with E-state index in [1.165, 1.54) is 7.05 Å². The number of carbonyl (C=O) groups is 3. The minimum absolute atomic E-state index is 0.158. The Balaban J connectivity index is 3.50. The van der Waals surface area contributed by atoms with Gasteiger partial charge in [-0.2, -0.15) is 0 Å². The lowest BCUT2D eigenvalue weighted by molar-refractivity contribution is -0.161. The first-order valence-corrected chi connectivity index (χ1v) is 7.50. The molecule has 1 rings (SSSR count). The number of nitrogens with zero attached hydrogens (tertiary/aromatic N) is 2. The average molecular weight is 304 g/mol. The van der Waals surface area contributed by atoms with Crippen LogP contribution in [-0.4, -0.2) is 40.7 Å². The lowest BCUT2D eigenvalue weighted by Crippen LogP contribution is -2.67. The Bertz CT molecular complexity index is 556. The van der Waals surface area contributed by atoms with Gasteiger partial charge in [0.25, 0.3) is 0 Å². The Morgan fingerprint density at radius 2 is 1.82 bits per heavy atom. The summed E-state index contributed by atoms with van der Waals surface area (Å²) in [5, 5.41) is 0. The molecule has 0 aromatic heterocycles. The number of hydrogen-bond donors (Lipinski definition) is 0. The number of amides is 4. The monoisotopic (exact) mass is 304 g/mol. The van der Waals surface area contributed by atoms with Crippen molar-refractivity contribution >= 4 is 17.8 Å². The summed E-state index contributed by atoms with van der Waals surface area (Å²) in [6.45, 7) is 10.8. The van der Waals surface area contributed by atoms with E-state index in [1.54, 1.807) is 26.8 Å². The van der Waals surface area contributed by atoms with Crippen LogP contribution in [0.1, 0.15) is 40.5 Å². The highest BCUT2D eigenvalue weighted by molar-refractivity contribution is 6.19. The third-order valence-electron chi connectivity index (χ3n) is 4.00. The second-order valence-corrected chi connectivity index (χ2v) is 5.78. The molecule has 0 aromatic rings. The maximum Gasteiger partial charge on any atom is 0.333 e. The molecule has 1 aliphatic rings. The summed E-state index contributed by atoms with van der Waals surface area (Å²) in [5.41, 5.74) is -1.38. The van der Waals surface area contributed by atoms with Gasteiger partial charge in [0.2, 0.25) is 11.8 Å². The molecule has 0 bridgehead atoms. The molecule has 2 unspecified atom stereocenters. The molecule has 120 valence electrons. The van der Waals surface area contributed by atoms with Gasteiger partial charge < -0.3 is 0 Å². The fraction of sp³-hybridized carbons (Fsp3) is 0.588. The number of rotatable bonds is 4. The second kappa shape index (κ2) is 6.78. The minimum atomic E-state index is -1.38. The zero-order valence-electron chi connectivity index (χ0n) is 14.0. The first kappa shape index (κ1) is 18.0. The number of barbiturate groups is 1. The van der Waals surface area contributed by atoms with Crippen LogP contribution in [0.2, 0.25) is 0 Å². The summed E-state index contributed by atoms with van der Waals surface area (Å²) in [7, 11) is 1.41. The Labute approximate surface area is 132 Å². The fourth-order valence-corrected chi connectivity index (χ4v) is 2.72. The normalized spacial score (nSPS) is 23.5. The van der Waals surface area contributed by atoms with Crippen LogP contribution in [0.4, 0.5) is 4.79 Å². The van der Waals surface area contributed by atoms with Crippen molar-refractivity contribution in [3.63, 3.8) is 0 Å². The van der Waals surface area contributed by atoms with Gasteiger partial charge in [-0.3, -0.25) is 19.4 Å². The predicted molar refractivity (Wildman–Crippen MR) is 84.6 cm³/mol. The van der Waals surface area contributed by atoms with Crippen molar-refractivity contribution in [1.82, 2.24) is 9.80 Å². The van der Waals surface area contributed by atoms with E-state index in [-0.39, 0.29) is 12.5 Å². The molecule has 0 radical (unpaired) electrons. The third kappa shape index (κ3) is 2.66. The van der Waals surface area contributed by atoms with E-state index in [9.17, 15) is 14.4 Å². The molecule has 4 amide bonds. The van der Waals surface area contributed by atoms with Crippen LogP contribution < -0.4 is 0 Å². The number of allylic oxidation sites excluding steroid dienone is 1. The predicted octanol–water partition coefficient (Wildman–Crippen LogP) is 2.43. The van der Waals surface area contributed by atoms with Crippen LogP contribution in [0.3, 0.4) is 0 Å². The fourth-order valence-electron chi connectivity index (χ4n) is 2.72. The lowest BCUT2D eigenvalue weighted by Gasteiger charge is -2.45. The average Bonchev–Trinajstić information content (AvgIpc) is 2.46. The molecule has 0 N–H and O–H groups in total. The van der Waals surface area contributed by atoms with E-state index in [4.69, 9.17) is 0 Å². The third-order valence-corrected chi connectivity index (χ3v) is 4.00. The van der Waals surface area contributed by atoms with Gasteiger partial charge in [-0.1, -0.05) is 18.9 Å². The van der Waals surface area contributed by atoms with Crippen molar-refractivity contribution in [2.75, 3.05) is 7.05 Å². The SMILES string of the molecule is C=CCC1(C(C)C#CCC)C(=O)N(C)C(=O)N(C(C)C)C1=O. The molecular formula is C17H24N2O3. The van der Waals surface area contributed by atoms with Crippen LogP contribution in [0.5, 0.6) is 0 Å². The smallest absolute Gasteiger partial charge is 0.273 e. The quantitative estimate of drug-likeness (QED) is 0.455. The second-order valence-electron chi connectivity index (χ2n) is 5.78. The number of hydrogen-bond acceptors (Lipinski definition) is 3. The molecule has 1 aliphatic heterocycles. The molecule has 1 heterocycles. The van der Waals surface area contributed by atoms with Crippen molar-refractivity contribution < 1.29 is 14.4 Å². The Morgan fingerprint density at radius 3 is 2.27 bits per heavy atom.